The van der Waals surface area contributed by atoms with Gasteiger partial charge in [-0.25, -0.2) is 4.39 Å². The van der Waals surface area contributed by atoms with Crippen molar-refractivity contribution in [2.24, 2.45) is 0 Å². The number of ether oxygens (including phenoxy) is 1. The summed E-state index contributed by atoms with van der Waals surface area (Å²) in [4.78, 5) is 0. The zero-order chi connectivity index (χ0) is 16.8. The number of thiocarbonyl (C=S) groups is 1. The lowest BCUT2D eigenvalue weighted by Crippen LogP contribution is -2.36. The van der Waals surface area contributed by atoms with Crippen molar-refractivity contribution in [2.45, 2.75) is 19.5 Å². The van der Waals surface area contributed by atoms with E-state index in [-0.39, 0.29) is 11.9 Å². The first kappa shape index (κ1) is 17.7. The van der Waals surface area contributed by atoms with Crippen molar-refractivity contribution >= 4 is 33.3 Å². The molecule has 0 aliphatic rings. The molecule has 1 atom stereocenters. The van der Waals surface area contributed by atoms with Gasteiger partial charge in [-0.3, -0.25) is 0 Å². The summed E-state index contributed by atoms with van der Waals surface area (Å²) in [5.74, 6) is 0.547. The lowest BCUT2D eigenvalue weighted by atomic mass is 10.1. The van der Waals surface area contributed by atoms with Gasteiger partial charge in [0.15, 0.2) is 5.11 Å². The standard InChI is InChI=1S/C17H18BrFN2OS/c1-11(13-5-8-16(22-2)15(18)9-13)21-17(23)20-10-12-3-6-14(19)7-4-12/h3-9,11H,10H2,1-2H3,(H2,20,21,23)/t11-/m0/s1. The number of halogens is 2. The van der Waals surface area contributed by atoms with Crippen LogP contribution in [-0.2, 0) is 6.54 Å². The van der Waals surface area contributed by atoms with Gasteiger partial charge in [0.25, 0.3) is 0 Å². The van der Waals surface area contributed by atoms with Crippen molar-refractivity contribution in [3.05, 3.63) is 63.9 Å². The van der Waals surface area contributed by atoms with Crippen LogP contribution in [0.15, 0.2) is 46.9 Å². The molecule has 2 aromatic rings. The summed E-state index contributed by atoms with van der Waals surface area (Å²) in [7, 11) is 1.63. The number of nitrogens with one attached hydrogen (secondary N) is 2. The molecule has 0 fully saturated rings. The Morgan fingerprint density at radius 3 is 2.57 bits per heavy atom. The SMILES string of the molecule is COc1ccc([C@H](C)NC(=S)NCc2ccc(F)cc2)cc1Br. The fourth-order valence-corrected chi connectivity index (χ4v) is 2.87. The van der Waals surface area contributed by atoms with E-state index in [0.717, 1.165) is 21.3 Å². The monoisotopic (exact) mass is 396 g/mol. The van der Waals surface area contributed by atoms with E-state index in [1.807, 2.05) is 25.1 Å². The first-order chi connectivity index (χ1) is 11.0. The third-order valence-corrected chi connectivity index (χ3v) is 4.27. The van der Waals surface area contributed by atoms with Crippen LogP contribution in [0.3, 0.4) is 0 Å². The predicted octanol–water partition coefficient (Wildman–Crippen LogP) is 4.32. The molecule has 0 bridgehead atoms. The topological polar surface area (TPSA) is 33.3 Å². The number of hydrogen-bond acceptors (Lipinski definition) is 2. The number of hydrogen-bond donors (Lipinski definition) is 2. The molecule has 0 amide bonds. The molecular formula is C17H18BrFN2OS. The third kappa shape index (κ3) is 5.18. The van der Waals surface area contributed by atoms with E-state index in [1.165, 1.54) is 12.1 Å². The van der Waals surface area contributed by atoms with E-state index >= 15 is 0 Å². The molecule has 0 unspecified atom stereocenters. The second-order valence-electron chi connectivity index (χ2n) is 5.07. The quantitative estimate of drug-likeness (QED) is 0.737. The lowest BCUT2D eigenvalue weighted by molar-refractivity contribution is 0.412. The Morgan fingerprint density at radius 2 is 1.96 bits per heavy atom. The minimum atomic E-state index is -0.242. The Morgan fingerprint density at radius 1 is 1.26 bits per heavy atom. The van der Waals surface area contributed by atoms with Gasteiger partial charge in [0.1, 0.15) is 11.6 Å². The van der Waals surface area contributed by atoms with E-state index in [4.69, 9.17) is 17.0 Å². The largest absolute Gasteiger partial charge is 0.496 e. The molecule has 0 saturated heterocycles. The van der Waals surface area contributed by atoms with Crippen LogP contribution in [0.5, 0.6) is 5.75 Å². The van der Waals surface area contributed by atoms with Crippen molar-refractivity contribution in [3.8, 4) is 5.75 Å². The van der Waals surface area contributed by atoms with Crippen LogP contribution < -0.4 is 15.4 Å². The van der Waals surface area contributed by atoms with Gasteiger partial charge in [0.2, 0.25) is 0 Å². The fraction of sp³-hybridized carbons (Fsp3) is 0.235. The van der Waals surface area contributed by atoms with Gasteiger partial charge in [0, 0.05) is 6.54 Å². The number of benzene rings is 2. The zero-order valence-electron chi connectivity index (χ0n) is 12.9. The average molecular weight is 397 g/mol. The average Bonchev–Trinajstić information content (AvgIpc) is 2.54. The smallest absolute Gasteiger partial charge is 0.167 e. The van der Waals surface area contributed by atoms with Crippen LogP contribution in [0.25, 0.3) is 0 Å². The van der Waals surface area contributed by atoms with Crippen LogP contribution in [0.2, 0.25) is 0 Å². The van der Waals surface area contributed by atoms with Gasteiger partial charge < -0.3 is 15.4 Å². The fourth-order valence-electron chi connectivity index (χ4n) is 2.07. The van der Waals surface area contributed by atoms with Crippen molar-refractivity contribution < 1.29 is 9.13 Å². The summed E-state index contributed by atoms with van der Waals surface area (Å²) in [5, 5.41) is 6.89. The molecule has 2 N–H and O–H groups in total. The van der Waals surface area contributed by atoms with E-state index in [1.54, 1.807) is 19.2 Å². The van der Waals surface area contributed by atoms with E-state index < -0.39 is 0 Å². The molecule has 2 rings (SSSR count). The van der Waals surface area contributed by atoms with Gasteiger partial charge in [-0.1, -0.05) is 18.2 Å². The van der Waals surface area contributed by atoms with Gasteiger partial charge in [-0.15, -0.1) is 0 Å². The first-order valence-corrected chi connectivity index (χ1v) is 8.32. The summed E-state index contributed by atoms with van der Waals surface area (Å²) in [6.45, 7) is 2.57. The summed E-state index contributed by atoms with van der Waals surface area (Å²) >= 11 is 8.78. The predicted molar refractivity (Wildman–Crippen MR) is 98.1 cm³/mol. The highest BCUT2D eigenvalue weighted by Gasteiger charge is 2.09. The Kier molecular flexibility index (Phi) is 6.36. The van der Waals surface area contributed by atoms with Gasteiger partial charge in [0.05, 0.1) is 17.6 Å². The van der Waals surface area contributed by atoms with Crippen LogP contribution in [0, 0.1) is 5.82 Å². The second kappa shape index (κ2) is 8.26. The zero-order valence-corrected chi connectivity index (χ0v) is 15.3. The van der Waals surface area contributed by atoms with Crippen LogP contribution >= 0.6 is 28.1 Å². The maximum absolute atomic E-state index is 12.9. The maximum Gasteiger partial charge on any atom is 0.167 e. The van der Waals surface area contributed by atoms with Crippen molar-refractivity contribution in [1.82, 2.24) is 10.6 Å². The molecule has 0 aliphatic heterocycles. The highest BCUT2D eigenvalue weighted by molar-refractivity contribution is 9.10. The van der Waals surface area contributed by atoms with Gasteiger partial charge in [-0.2, -0.15) is 0 Å². The molecular weight excluding hydrogens is 379 g/mol. The van der Waals surface area contributed by atoms with Crippen molar-refractivity contribution in [1.29, 1.82) is 0 Å². The summed E-state index contributed by atoms with van der Waals surface area (Å²) in [6.07, 6.45) is 0. The minimum Gasteiger partial charge on any atom is -0.496 e. The maximum atomic E-state index is 12.9. The van der Waals surface area contributed by atoms with E-state index in [0.29, 0.717) is 11.7 Å². The molecule has 2 aromatic carbocycles. The number of rotatable bonds is 5. The molecule has 6 heteroatoms. The number of methoxy groups -OCH3 is 1. The first-order valence-electron chi connectivity index (χ1n) is 7.12. The minimum absolute atomic E-state index is 0.0467. The van der Waals surface area contributed by atoms with Gasteiger partial charge in [-0.05, 0) is 70.5 Å². The van der Waals surface area contributed by atoms with E-state index in [2.05, 4.69) is 26.6 Å². The molecule has 0 aliphatic carbocycles. The summed E-state index contributed by atoms with van der Waals surface area (Å²) < 4.78 is 19.0. The van der Waals surface area contributed by atoms with Crippen molar-refractivity contribution in [2.75, 3.05) is 7.11 Å². The lowest BCUT2D eigenvalue weighted by Gasteiger charge is -2.18. The van der Waals surface area contributed by atoms with Crippen LogP contribution in [0.4, 0.5) is 4.39 Å². The summed E-state index contributed by atoms with van der Waals surface area (Å²) in [5.41, 5.74) is 2.05. The molecule has 0 radical (unpaired) electrons. The Hall–Kier alpha value is -1.66. The highest BCUT2D eigenvalue weighted by atomic mass is 79.9. The molecule has 122 valence electrons. The molecule has 23 heavy (non-hydrogen) atoms. The third-order valence-electron chi connectivity index (χ3n) is 3.39. The molecule has 0 spiro atoms. The highest BCUT2D eigenvalue weighted by Crippen LogP contribution is 2.27. The van der Waals surface area contributed by atoms with Gasteiger partial charge >= 0.3 is 0 Å². The Bertz CT molecular complexity index is 679. The summed E-state index contributed by atoms with van der Waals surface area (Å²) in [6, 6.07) is 12.3. The normalized spacial score (nSPS) is 11.7. The Balaban J connectivity index is 1.89. The molecule has 0 heterocycles. The van der Waals surface area contributed by atoms with Crippen LogP contribution in [0.1, 0.15) is 24.1 Å². The van der Waals surface area contributed by atoms with E-state index in [9.17, 15) is 4.39 Å². The van der Waals surface area contributed by atoms with Crippen LogP contribution in [-0.4, -0.2) is 12.2 Å². The molecule has 0 aromatic heterocycles. The van der Waals surface area contributed by atoms with Crippen molar-refractivity contribution in [3.63, 3.8) is 0 Å². The molecule has 3 nitrogen and oxygen atoms in total. The Labute approximate surface area is 149 Å². The molecule has 0 saturated carbocycles. The second-order valence-corrected chi connectivity index (χ2v) is 6.33.